The number of benzene rings is 2. The first-order chi connectivity index (χ1) is 8.63. The quantitative estimate of drug-likeness (QED) is 0.669. The summed E-state index contributed by atoms with van der Waals surface area (Å²) >= 11 is 0. The topological polar surface area (TPSA) is 0 Å². The molecule has 0 heterocycles. The van der Waals surface area contributed by atoms with E-state index in [4.69, 9.17) is 0 Å². The van der Waals surface area contributed by atoms with Gasteiger partial charge >= 0.3 is 0 Å². The van der Waals surface area contributed by atoms with Gasteiger partial charge in [-0.25, -0.2) is 0 Å². The van der Waals surface area contributed by atoms with Gasteiger partial charge in [-0.15, -0.1) is 0 Å². The fourth-order valence-electron chi connectivity index (χ4n) is 2.73. The Kier molecular flexibility index (Phi) is 2.41. The van der Waals surface area contributed by atoms with Gasteiger partial charge in [0, 0.05) is 5.41 Å². The van der Waals surface area contributed by atoms with Gasteiger partial charge in [-0.05, 0) is 31.4 Å². The maximum absolute atomic E-state index is 4.22. The molecule has 18 heavy (non-hydrogen) atoms. The largest absolute Gasteiger partial charge is 0.0986 e. The molecule has 1 aliphatic rings. The van der Waals surface area contributed by atoms with Crippen molar-refractivity contribution >= 4 is 0 Å². The average Bonchev–Trinajstić information content (AvgIpc) is 3.04. The third-order valence-electron chi connectivity index (χ3n) is 4.05. The number of hydrogen-bond acceptors (Lipinski definition) is 0. The second-order valence-corrected chi connectivity index (χ2v) is 5.42. The molecule has 0 nitrogen and oxygen atoms in total. The zero-order valence-electron chi connectivity index (χ0n) is 11.0. The lowest BCUT2D eigenvalue weighted by molar-refractivity contribution is 0.879. The first-order valence-electron chi connectivity index (χ1n) is 6.45. The van der Waals surface area contributed by atoms with Crippen LogP contribution in [0.5, 0.6) is 0 Å². The van der Waals surface area contributed by atoms with E-state index in [9.17, 15) is 0 Å². The molecule has 0 aliphatic heterocycles. The molecule has 0 atom stereocenters. The molecule has 0 bridgehead atoms. The predicted molar refractivity (Wildman–Crippen MR) is 76.9 cm³/mol. The molecule has 0 spiro atoms. The molecule has 0 radical (unpaired) electrons. The van der Waals surface area contributed by atoms with Crippen molar-refractivity contribution in [2.24, 2.45) is 0 Å². The van der Waals surface area contributed by atoms with Crippen LogP contribution in [0, 0.1) is 13.8 Å². The molecule has 3 rings (SSSR count). The Hall–Kier alpha value is -1.82. The van der Waals surface area contributed by atoms with Gasteiger partial charge in [-0.2, -0.15) is 0 Å². The molecule has 2 aromatic carbocycles. The Morgan fingerprint density at radius 1 is 0.778 bits per heavy atom. The summed E-state index contributed by atoms with van der Waals surface area (Å²) in [6.45, 7) is 8.48. The van der Waals surface area contributed by atoms with Gasteiger partial charge in [0.25, 0.3) is 0 Å². The molecular formula is C18H18. The first-order valence-corrected chi connectivity index (χ1v) is 6.45. The van der Waals surface area contributed by atoms with Crippen molar-refractivity contribution in [1.82, 2.24) is 0 Å². The summed E-state index contributed by atoms with van der Waals surface area (Å²) in [6.07, 6.45) is 1.08. The van der Waals surface area contributed by atoms with E-state index in [0.29, 0.717) is 0 Å². The first kappa shape index (κ1) is 11.3. The third-order valence-corrected chi connectivity index (χ3v) is 4.05. The average molecular weight is 234 g/mol. The van der Waals surface area contributed by atoms with Gasteiger partial charge in [-0.3, -0.25) is 0 Å². The molecule has 0 heteroatoms. The van der Waals surface area contributed by atoms with E-state index < -0.39 is 0 Å². The second kappa shape index (κ2) is 3.84. The van der Waals surface area contributed by atoms with E-state index in [1.165, 1.54) is 27.8 Å². The Labute approximate surface area is 109 Å². The molecule has 0 amide bonds. The van der Waals surface area contributed by atoms with Crippen molar-refractivity contribution in [3.05, 3.63) is 82.9 Å². The molecule has 90 valence electrons. The zero-order chi connectivity index (χ0) is 12.8. The molecule has 1 aliphatic carbocycles. The predicted octanol–water partition coefficient (Wildman–Crippen LogP) is 4.55. The van der Waals surface area contributed by atoms with Crippen LogP contribution in [0.3, 0.4) is 0 Å². The molecular weight excluding hydrogens is 216 g/mol. The summed E-state index contributed by atoms with van der Waals surface area (Å²) in [4.78, 5) is 0. The Morgan fingerprint density at radius 3 is 1.39 bits per heavy atom. The maximum atomic E-state index is 4.22. The highest BCUT2D eigenvalue weighted by Crippen LogP contribution is 2.57. The van der Waals surface area contributed by atoms with Crippen LogP contribution in [0.1, 0.15) is 28.7 Å². The minimum absolute atomic E-state index is 0.0847. The normalized spacial score (nSPS) is 16.7. The minimum atomic E-state index is 0.0847. The van der Waals surface area contributed by atoms with Crippen LogP contribution in [-0.4, -0.2) is 0 Å². The van der Waals surface area contributed by atoms with Gasteiger partial charge in [0.2, 0.25) is 0 Å². The number of rotatable bonds is 2. The summed E-state index contributed by atoms with van der Waals surface area (Å²) in [6, 6.07) is 17.7. The van der Waals surface area contributed by atoms with E-state index in [2.05, 4.69) is 69.0 Å². The van der Waals surface area contributed by atoms with Gasteiger partial charge in [0.05, 0.1) is 0 Å². The van der Waals surface area contributed by atoms with E-state index in [-0.39, 0.29) is 5.41 Å². The second-order valence-electron chi connectivity index (χ2n) is 5.42. The van der Waals surface area contributed by atoms with Crippen molar-refractivity contribution in [2.45, 2.75) is 25.7 Å². The molecule has 1 fully saturated rings. The lowest BCUT2D eigenvalue weighted by Crippen LogP contribution is -2.09. The van der Waals surface area contributed by atoms with E-state index in [0.717, 1.165) is 6.42 Å². The van der Waals surface area contributed by atoms with Crippen LogP contribution < -0.4 is 0 Å². The van der Waals surface area contributed by atoms with Gasteiger partial charge < -0.3 is 0 Å². The highest BCUT2D eigenvalue weighted by atomic mass is 14.5. The lowest BCUT2D eigenvalue weighted by Gasteiger charge is -2.17. The van der Waals surface area contributed by atoms with E-state index in [1.807, 2.05) is 0 Å². The minimum Gasteiger partial charge on any atom is -0.0986 e. The van der Waals surface area contributed by atoms with Gasteiger partial charge in [-0.1, -0.05) is 71.8 Å². The Balaban J connectivity index is 2.08. The number of aryl methyl sites for hydroxylation is 2. The van der Waals surface area contributed by atoms with Crippen LogP contribution in [0.25, 0.3) is 0 Å². The summed E-state index contributed by atoms with van der Waals surface area (Å²) in [7, 11) is 0. The van der Waals surface area contributed by atoms with Crippen LogP contribution >= 0.6 is 0 Å². The molecule has 1 saturated carbocycles. The number of hydrogen-bond donors (Lipinski definition) is 0. The van der Waals surface area contributed by atoms with E-state index in [1.54, 1.807) is 0 Å². The van der Waals surface area contributed by atoms with Crippen molar-refractivity contribution in [3.8, 4) is 0 Å². The fraction of sp³-hybridized carbons (Fsp3) is 0.222. The van der Waals surface area contributed by atoms with Crippen LogP contribution in [0.15, 0.2) is 60.7 Å². The highest BCUT2D eigenvalue weighted by Gasteiger charge is 2.49. The molecule has 0 unspecified atom stereocenters. The standard InChI is InChI=1S/C18H18/c1-13-4-8-16(9-5-13)18(12-15(18)3)17-10-6-14(2)7-11-17/h4-11H,3,12H2,1-2H3. The maximum Gasteiger partial charge on any atom is 0.0446 e. The van der Waals surface area contributed by atoms with Crippen LogP contribution in [-0.2, 0) is 5.41 Å². The summed E-state index contributed by atoms with van der Waals surface area (Å²) < 4.78 is 0. The molecule has 0 aromatic heterocycles. The van der Waals surface area contributed by atoms with Gasteiger partial charge in [0.1, 0.15) is 0 Å². The smallest absolute Gasteiger partial charge is 0.0446 e. The zero-order valence-corrected chi connectivity index (χ0v) is 11.0. The Bertz CT molecular complexity index is 539. The molecule has 0 N–H and O–H groups in total. The summed E-state index contributed by atoms with van der Waals surface area (Å²) in [5, 5.41) is 0. The van der Waals surface area contributed by atoms with Crippen molar-refractivity contribution in [1.29, 1.82) is 0 Å². The van der Waals surface area contributed by atoms with Crippen molar-refractivity contribution < 1.29 is 0 Å². The highest BCUT2D eigenvalue weighted by molar-refractivity contribution is 5.59. The summed E-state index contributed by atoms with van der Waals surface area (Å²) in [5.41, 5.74) is 6.79. The van der Waals surface area contributed by atoms with Crippen molar-refractivity contribution in [3.63, 3.8) is 0 Å². The summed E-state index contributed by atoms with van der Waals surface area (Å²) in [5.74, 6) is 0. The number of allylic oxidation sites excluding steroid dienone is 1. The van der Waals surface area contributed by atoms with Gasteiger partial charge in [0.15, 0.2) is 0 Å². The van der Waals surface area contributed by atoms with Crippen molar-refractivity contribution in [2.75, 3.05) is 0 Å². The fourth-order valence-corrected chi connectivity index (χ4v) is 2.73. The SMILES string of the molecule is C=C1CC1(c1ccc(C)cc1)c1ccc(C)cc1. The third kappa shape index (κ3) is 1.60. The van der Waals surface area contributed by atoms with Crippen LogP contribution in [0.2, 0.25) is 0 Å². The Morgan fingerprint density at radius 2 is 1.11 bits per heavy atom. The lowest BCUT2D eigenvalue weighted by atomic mass is 9.86. The molecule has 2 aromatic rings. The molecule has 0 saturated heterocycles. The monoisotopic (exact) mass is 234 g/mol. The van der Waals surface area contributed by atoms with Crippen LogP contribution in [0.4, 0.5) is 0 Å². The van der Waals surface area contributed by atoms with E-state index >= 15 is 0 Å².